The minimum absolute atomic E-state index is 0. The predicted molar refractivity (Wildman–Crippen MR) is 99.7 cm³/mol. The number of fused-ring (bicyclic) bond motifs is 3. The second-order valence-electron chi connectivity index (χ2n) is 7.31. The molecule has 4 nitrogen and oxygen atoms in total. The van der Waals surface area contributed by atoms with Crippen molar-refractivity contribution in [3.05, 3.63) is 59.4 Å². The number of hydrogen-bond donors (Lipinski definition) is 1. The number of imidazole rings is 1. The molecule has 0 fully saturated rings. The Morgan fingerprint density at radius 1 is 1.06 bits per heavy atom. The summed E-state index contributed by atoms with van der Waals surface area (Å²) >= 11 is 0. The van der Waals surface area contributed by atoms with Gasteiger partial charge in [0.25, 0.3) is 11.7 Å². The van der Waals surface area contributed by atoms with Crippen LogP contribution in [-0.2, 0) is 30.5 Å². The number of halogens is 6. The fourth-order valence-electron chi connectivity index (χ4n) is 3.93. The molecule has 0 radical (unpaired) electrons. The number of aryl methyl sites for hydroxylation is 1. The number of benzene rings is 2. The number of amides is 1. The molecule has 1 amide bonds. The summed E-state index contributed by atoms with van der Waals surface area (Å²) in [4.78, 5) is 12.6. The smallest absolute Gasteiger partial charge is 0.416 e. The molecule has 0 atom stereocenters. The first kappa shape index (κ1) is 23.0. The lowest BCUT2D eigenvalue weighted by Gasteiger charge is -2.08. The molecule has 0 spiro atoms. The molecule has 3 aromatic rings. The van der Waals surface area contributed by atoms with Crippen LogP contribution in [0.4, 0.5) is 27.6 Å². The number of anilines is 1. The Hall–Kier alpha value is -2.68. The molecule has 1 aliphatic heterocycles. The van der Waals surface area contributed by atoms with E-state index in [1.807, 2.05) is 4.57 Å². The van der Waals surface area contributed by atoms with Crippen molar-refractivity contribution in [3.8, 4) is 0 Å². The van der Waals surface area contributed by atoms with E-state index in [9.17, 15) is 26.7 Å². The van der Waals surface area contributed by atoms with Crippen LogP contribution in [0.25, 0.3) is 11.0 Å². The molecule has 1 aromatic heterocycles. The highest BCUT2D eigenvalue weighted by molar-refractivity contribution is 5.91. The fourth-order valence-corrected chi connectivity index (χ4v) is 3.93. The standard InChI is InChI=1S/C21H18F5N3O.ClH/c22-14-5-4-6-15(23)20(14)27-18(30)12-29-17-11-13(21(24,25)26)8-9-16(17)28-10-3-1-2-7-19(28)29;/h4-6,8-9,11H,1-3,7,10,12H2;1H. The lowest BCUT2D eigenvalue weighted by molar-refractivity contribution is -0.678. The topological polar surface area (TPSA) is 37.9 Å². The molecule has 166 valence electrons. The summed E-state index contributed by atoms with van der Waals surface area (Å²) in [6.07, 6.45) is -1.24. The number of nitrogens with zero attached hydrogens (tertiary/aromatic N) is 2. The van der Waals surface area contributed by atoms with Crippen molar-refractivity contribution in [1.29, 1.82) is 0 Å². The van der Waals surface area contributed by atoms with Gasteiger partial charge in [0.15, 0.2) is 17.6 Å². The fraction of sp³-hybridized carbons (Fsp3) is 0.333. The van der Waals surface area contributed by atoms with E-state index in [2.05, 4.69) is 5.32 Å². The van der Waals surface area contributed by atoms with E-state index in [-0.39, 0.29) is 24.5 Å². The van der Waals surface area contributed by atoms with Crippen LogP contribution in [0.2, 0.25) is 0 Å². The van der Waals surface area contributed by atoms with Gasteiger partial charge in [0.05, 0.1) is 12.1 Å². The molecule has 0 saturated carbocycles. The van der Waals surface area contributed by atoms with Crippen molar-refractivity contribution in [2.45, 2.75) is 44.9 Å². The number of rotatable bonds is 3. The molecular weight excluding hydrogens is 441 g/mol. The van der Waals surface area contributed by atoms with E-state index in [1.165, 1.54) is 16.7 Å². The molecule has 0 saturated heterocycles. The second-order valence-corrected chi connectivity index (χ2v) is 7.31. The number of carbonyl (C=O) groups is 1. The Morgan fingerprint density at radius 2 is 1.77 bits per heavy atom. The number of hydrogen-bond acceptors (Lipinski definition) is 1. The van der Waals surface area contributed by atoms with E-state index < -0.39 is 35.0 Å². The van der Waals surface area contributed by atoms with E-state index in [0.717, 1.165) is 49.4 Å². The summed E-state index contributed by atoms with van der Waals surface area (Å²) in [5, 5.41) is 2.21. The molecule has 4 rings (SSSR count). The Bertz CT molecular complexity index is 1110. The number of aromatic nitrogens is 2. The molecule has 0 bridgehead atoms. The van der Waals surface area contributed by atoms with Gasteiger partial charge in [-0.05, 0) is 43.5 Å². The summed E-state index contributed by atoms with van der Waals surface area (Å²) in [5.41, 5.74) is -0.519. The van der Waals surface area contributed by atoms with Crippen LogP contribution in [0.3, 0.4) is 0 Å². The average Bonchev–Trinajstić information content (AvgIpc) is 2.83. The first-order valence-corrected chi connectivity index (χ1v) is 9.62. The first-order valence-electron chi connectivity index (χ1n) is 9.62. The van der Waals surface area contributed by atoms with Crippen molar-refractivity contribution in [3.63, 3.8) is 0 Å². The van der Waals surface area contributed by atoms with E-state index >= 15 is 0 Å². The normalized spacial score (nSPS) is 14.0. The van der Waals surface area contributed by atoms with Gasteiger partial charge in [0, 0.05) is 12.5 Å². The highest BCUT2D eigenvalue weighted by Crippen LogP contribution is 2.32. The van der Waals surface area contributed by atoms with Crippen molar-refractivity contribution < 1.29 is 43.7 Å². The van der Waals surface area contributed by atoms with Gasteiger partial charge in [-0.2, -0.15) is 13.2 Å². The van der Waals surface area contributed by atoms with Crippen LogP contribution < -0.4 is 22.3 Å². The largest absolute Gasteiger partial charge is 1.00 e. The van der Waals surface area contributed by atoms with Gasteiger partial charge in [0.1, 0.15) is 17.3 Å². The summed E-state index contributed by atoms with van der Waals surface area (Å²) in [5.74, 6) is -1.84. The minimum atomic E-state index is -4.52. The maximum Gasteiger partial charge on any atom is 0.416 e. The molecule has 1 aliphatic rings. The zero-order valence-electron chi connectivity index (χ0n) is 16.3. The van der Waals surface area contributed by atoms with Gasteiger partial charge in [-0.15, -0.1) is 0 Å². The van der Waals surface area contributed by atoms with Crippen LogP contribution in [0, 0.1) is 11.6 Å². The highest BCUT2D eigenvalue weighted by atomic mass is 35.5. The molecule has 2 aromatic carbocycles. The van der Waals surface area contributed by atoms with Gasteiger partial charge < -0.3 is 17.7 Å². The molecule has 1 N–H and O–H groups in total. The Labute approximate surface area is 181 Å². The molecule has 31 heavy (non-hydrogen) atoms. The van der Waals surface area contributed by atoms with Crippen molar-refractivity contribution >= 4 is 22.6 Å². The zero-order valence-corrected chi connectivity index (χ0v) is 17.0. The summed E-state index contributed by atoms with van der Waals surface area (Å²) in [6.45, 7) is 0.279. The van der Waals surface area contributed by atoms with Crippen molar-refractivity contribution in [1.82, 2.24) is 4.57 Å². The van der Waals surface area contributed by atoms with Gasteiger partial charge in [-0.3, -0.25) is 4.79 Å². The van der Waals surface area contributed by atoms with Crippen LogP contribution in [-0.4, -0.2) is 10.5 Å². The first-order chi connectivity index (χ1) is 14.3. The number of alkyl halides is 3. The van der Waals surface area contributed by atoms with Crippen molar-refractivity contribution in [2.24, 2.45) is 0 Å². The number of para-hydroxylation sites is 1. The third-order valence-corrected chi connectivity index (χ3v) is 5.32. The Kier molecular flexibility index (Phi) is 6.54. The van der Waals surface area contributed by atoms with Gasteiger partial charge >= 0.3 is 6.18 Å². The summed E-state index contributed by atoms with van der Waals surface area (Å²) in [7, 11) is 0. The lowest BCUT2D eigenvalue weighted by atomic mass is 10.2. The van der Waals surface area contributed by atoms with Crippen molar-refractivity contribution in [2.75, 3.05) is 5.32 Å². The maximum absolute atomic E-state index is 13.9. The zero-order chi connectivity index (χ0) is 21.5. The van der Waals surface area contributed by atoms with E-state index in [1.54, 1.807) is 0 Å². The molecular formula is C21H19ClF5N3O. The average molecular weight is 460 g/mol. The number of carbonyl (C=O) groups excluding carboxylic acids is 1. The SMILES string of the molecule is O=C(Cn1c2[n+](c3ccc(C(F)(F)F)cc31)CCCCC2)Nc1c(F)cccc1F.[Cl-]. The van der Waals surface area contributed by atoms with Crippen LogP contribution >= 0.6 is 0 Å². The molecule has 10 heteroatoms. The van der Waals surface area contributed by atoms with Crippen LogP contribution in [0.1, 0.15) is 30.7 Å². The molecule has 0 aliphatic carbocycles. The van der Waals surface area contributed by atoms with Crippen LogP contribution in [0.15, 0.2) is 36.4 Å². The monoisotopic (exact) mass is 459 g/mol. The summed E-state index contributed by atoms with van der Waals surface area (Å²) < 4.78 is 70.9. The Morgan fingerprint density at radius 3 is 2.45 bits per heavy atom. The highest BCUT2D eigenvalue weighted by Gasteiger charge is 2.34. The second kappa shape index (κ2) is 8.82. The molecule has 0 unspecified atom stereocenters. The molecule has 2 heterocycles. The third-order valence-electron chi connectivity index (χ3n) is 5.32. The van der Waals surface area contributed by atoms with Gasteiger partial charge in [0.2, 0.25) is 0 Å². The predicted octanol–water partition coefficient (Wildman–Crippen LogP) is 1.59. The minimum Gasteiger partial charge on any atom is -1.00 e. The third kappa shape index (κ3) is 4.51. The quantitative estimate of drug-likeness (QED) is 0.469. The van der Waals surface area contributed by atoms with E-state index in [0.29, 0.717) is 18.5 Å². The maximum atomic E-state index is 13.9. The summed E-state index contributed by atoms with van der Waals surface area (Å²) in [6, 6.07) is 6.67. The Balaban J connectivity index is 0.00000272. The van der Waals surface area contributed by atoms with Gasteiger partial charge in [-0.1, -0.05) is 6.07 Å². The van der Waals surface area contributed by atoms with E-state index in [4.69, 9.17) is 0 Å². The number of nitrogens with one attached hydrogen (secondary N) is 1. The van der Waals surface area contributed by atoms with Gasteiger partial charge in [-0.25, -0.2) is 17.9 Å². The van der Waals surface area contributed by atoms with Crippen LogP contribution in [0.5, 0.6) is 0 Å². The lowest BCUT2D eigenvalue weighted by Crippen LogP contribution is -3.00.